The van der Waals surface area contributed by atoms with Crippen molar-refractivity contribution in [2.75, 3.05) is 0 Å². The first-order valence-electron chi connectivity index (χ1n) is 2.21. The molecule has 0 saturated heterocycles. The molecule has 0 aromatic carbocycles. The van der Waals surface area contributed by atoms with Gasteiger partial charge in [-0.2, -0.15) is 20.8 Å². The van der Waals surface area contributed by atoms with Crippen LogP contribution in [0.2, 0.25) is 0 Å². The molecule has 0 aromatic rings. The van der Waals surface area contributed by atoms with Crippen LogP contribution in [0.15, 0.2) is 0 Å². The standard InChI is InChI=1S/C4H9.Li.Mg/c1-4(2)3;;/h1-3H3;;/q-1;;+1. The monoisotopic (exact) mass is 88.1 g/mol. The van der Waals surface area contributed by atoms with Crippen LogP contribution < -0.4 is 0 Å². The summed E-state index contributed by atoms with van der Waals surface area (Å²) in [5, 5.41) is 0. The molecule has 2 heteroatoms. The van der Waals surface area contributed by atoms with Gasteiger partial charge < -0.3 is 5.92 Å². The second-order valence-corrected chi connectivity index (χ2v) is 1.50. The minimum atomic E-state index is 1.42. The second-order valence-electron chi connectivity index (χ2n) is 1.50. The van der Waals surface area contributed by atoms with Crippen molar-refractivity contribution in [2.45, 2.75) is 20.8 Å². The van der Waals surface area contributed by atoms with Crippen LogP contribution in [0.5, 0.6) is 0 Å². The molecule has 0 aliphatic rings. The molecular weight excluding hydrogens is 79.3 g/mol. The first-order chi connectivity index (χ1) is 2.73. The Hall–Kier alpha value is 1.36. The fourth-order valence-electron chi connectivity index (χ4n) is 0. The summed E-state index contributed by atoms with van der Waals surface area (Å²) in [4.78, 5) is 0. The van der Waals surface area contributed by atoms with Gasteiger partial charge in [0.05, 0.1) is 0 Å². The molecular formula is C4H9LiMg. The van der Waals surface area contributed by atoms with Gasteiger partial charge in [-0.3, -0.25) is 0 Å². The number of hydrogen-bond acceptors (Lipinski definition) is 0. The van der Waals surface area contributed by atoms with Gasteiger partial charge in [-0.1, -0.05) is 0 Å². The Bertz CT molecular complexity index is 12.3. The van der Waals surface area contributed by atoms with Gasteiger partial charge in [0.2, 0.25) is 0 Å². The molecule has 0 amide bonds. The molecule has 0 atom stereocenters. The van der Waals surface area contributed by atoms with Gasteiger partial charge in [-0.15, -0.1) is 0 Å². The van der Waals surface area contributed by atoms with E-state index in [9.17, 15) is 0 Å². The van der Waals surface area contributed by atoms with Crippen molar-refractivity contribution in [3.8, 4) is 0 Å². The molecule has 0 aromatic heterocycles. The second kappa shape index (κ2) is 9.61. The van der Waals surface area contributed by atoms with Crippen LogP contribution >= 0.6 is 0 Å². The Morgan fingerprint density at radius 2 is 1.17 bits per heavy atom. The molecule has 0 saturated carbocycles. The van der Waals surface area contributed by atoms with Gasteiger partial charge in [0.1, 0.15) is 0 Å². The molecule has 0 fully saturated rings. The Kier molecular flexibility index (Phi) is 16.6. The van der Waals surface area contributed by atoms with E-state index in [0.717, 1.165) is 0 Å². The first kappa shape index (κ1) is 10.4. The number of hydrogen-bond donors (Lipinski definition) is 0. The van der Waals surface area contributed by atoms with Crippen molar-refractivity contribution in [1.82, 2.24) is 0 Å². The van der Waals surface area contributed by atoms with Crippen LogP contribution in [0.4, 0.5) is 0 Å². The Morgan fingerprint density at radius 3 is 1.17 bits per heavy atom. The van der Waals surface area contributed by atoms with Crippen molar-refractivity contribution in [3.63, 3.8) is 0 Å². The summed E-state index contributed by atoms with van der Waals surface area (Å²) in [6.45, 7) is 6.25. The maximum atomic E-state index is 2.08. The summed E-state index contributed by atoms with van der Waals surface area (Å²) in [6, 6.07) is 0. The van der Waals surface area contributed by atoms with E-state index in [2.05, 4.69) is 20.8 Å². The third-order valence-corrected chi connectivity index (χ3v) is 0. The predicted octanol–water partition coefficient (Wildman–Crippen LogP) is 0.859. The van der Waals surface area contributed by atoms with Gasteiger partial charge >= 0.3 is 33.6 Å². The average molecular weight is 88.4 g/mol. The number of rotatable bonds is 0. The van der Waals surface area contributed by atoms with E-state index in [1.54, 1.807) is 0 Å². The fourth-order valence-corrected chi connectivity index (χ4v) is 0. The Morgan fingerprint density at radius 1 is 1.17 bits per heavy atom. The summed E-state index contributed by atoms with van der Waals surface area (Å²) in [7, 11) is 0. The van der Waals surface area contributed by atoms with Gasteiger partial charge in [0, 0.05) is 0 Å². The summed E-state index contributed by atoms with van der Waals surface area (Å²) < 4.78 is 0. The van der Waals surface area contributed by atoms with Crippen molar-refractivity contribution < 1.29 is 0 Å². The normalized spacial score (nSPS) is 7.33. The maximum absolute atomic E-state index is 2.08. The molecule has 0 radical (unpaired) electrons. The summed E-state index contributed by atoms with van der Waals surface area (Å²) in [6.07, 6.45) is 0. The Balaban J connectivity index is 0. The van der Waals surface area contributed by atoms with Crippen LogP contribution in [0, 0.1) is 5.92 Å². The van der Waals surface area contributed by atoms with Crippen LogP contribution in [-0.4, -0.2) is 33.6 Å². The minimum absolute atomic E-state index is 1.42. The van der Waals surface area contributed by atoms with E-state index in [1.165, 1.54) is 5.92 Å². The van der Waals surface area contributed by atoms with Crippen molar-refractivity contribution >= 4 is 33.6 Å². The summed E-state index contributed by atoms with van der Waals surface area (Å²) in [5.41, 5.74) is 0. The molecule has 0 N–H and O–H groups in total. The molecule has 0 spiro atoms. The van der Waals surface area contributed by atoms with E-state index in [4.69, 9.17) is 0 Å². The quantitative estimate of drug-likeness (QED) is 0.304. The van der Waals surface area contributed by atoms with Crippen molar-refractivity contribution in [3.05, 3.63) is 5.92 Å². The Labute approximate surface area is 60.0 Å². The molecule has 0 unspecified atom stereocenters. The van der Waals surface area contributed by atoms with Crippen LogP contribution in [0.25, 0.3) is 0 Å². The van der Waals surface area contributed by atoms with Crippen molar-refractivity contribution in [2.24, 2.45) is 0 Å². The fraction of sp³-hybridized carbons (Fsp3) is 0.750. The van der Waals surface area contributed by atoms with Gasteiger partial charge in [-0.25, -0.2) is 0 Å². The predicted molar refractivity (Wildman–Crippen MR) is 31.8 cm³/mol. The van der Waals surface area contributed by atoms with Crippen molar-refractivity contribution in [1.29, 1.82) is 0 Å². The van der Waals surface area contributed by atoms with Gasteiger partial charge in [0.25, 0.3) is 0 Å². The molecule has 0 aliphatic carbocycles. The zero-order chi connectivity index (χ0) is 5.58. The summed E-state index contributed by atoms with van der Waals surface area (Å²) in [5.74, 6) is 1.42. The zero-order valence-electron chi connectivity index (χ0n) is 5.21. The molecule has 0 rings (SSSR count). The first-order valence-corrected chi connectivity index (χ1v) is 3.62. The molecule has 28 valence electrons. The van der Waals surface area contributed by atoms with E-state index >= 15 is 0 Å². The SMILES string of the molecule is C[C-](C)C.[Li][Mg+]. The van der Waals surface area contributed by atoms with Gasteiger partial charge in [-0.05, 0) is 0 Å². The molecule has 0 bridgehead atoms. The van der Waals surface area contributed by atoms with Gasteiger partial charge in [0.15, 0.2) is 0 Å². The third-order valence-electron chi connectivity index (χ3n) is 0. The molecule has 6 heavy (non-hydrogen) atoms. The molecule has 0 nitrogen and oxygen atoms in total. The van der Waals surface area contributed by atoms with E-state index in [1.807, 2.05) is 33.6 Å². The molecule has 0 heterocycles. The van der Waals surface area contributed by atoms with E-state index in [0.29, 0.717) is 0 Å². The topological polar surface area (TPSA) is 0 Å². The summed E-state index contributed by atoms with van der Waals surface area (Å²) >= 11 is 3.89. The van der Waals surface area contributed by atoms with Crippen LogP contribution in [0.1, 0.15) is 20.8 Å². The molecule has 0 aliphatic heterocycles. The average Bonchev–Trinajstić information content (AvgIpc) is 1.41. The van der Waals surface area contributed by atoms with Crippen LogP contribution in [0.3, 0.4) is 0 Å². The van der Waals surface area contributed by atoms with E-state index < -0.39 is 0 Å². The van der Waals surface area contributed by atoms with E-state index in [-0.39, 0.29) is 0 Å². The third kappa shape index (κ3) is 54.9. The zero-order valence-corrected chi connectivity index (χ0v) is 6.62. The van der Waals surface area contributed by atoms with Crippen LogP contribution in [-0.2, 0) is 0 Å².